The zero-order chi connectivity index (χ0) is 7.65. The van der Waals surface area contributed by atoms with Gasteiger partial charge in [-0.05, 0) is 0 Å². The van der Waals surface area contributed by atoms with Crippen LogP contribution in [0.2, 0.25) is 0 Å². The zero-order valence-corrected chi connectivity index (χ0v) is 7.77. The number of hydrogen-bond donors (Lipinski definition) is 1. The minimum absolute atomic E-state index is 0.994. The average Bonchev–Trinajstić information content (AvgIpc) is 1.62. The zero-order valence-electron chi connectivity index (χ0n) is 3.99. The van der Waals surface area contributed by atoms with Crippen molar-refractivity contribution in [2.75, 3.05) is 0 Å². The summed E-state index contributed by atoms with van der Waals surface area (Å²) < 4.78 is -2.07. The fourth-order valence-electron chi connectivity index (χ4n) is 0.152. The molecule has 0 amide bonds. The van der Waals surface area contributed by atoms with Gasteiger partial charge in [0, 0.05) is 0 Å². The molecule has 0 aromatic rings. The van der Waals surface area contributed by atoms with Gasteiger partial charge in [0.25, 0.3) is 0 Å². The van der Waals surface area contributed by atoms with Crippen LogP contribution in [-0.4, -0.2) is 19.8 Å². The standard InChI is InChI=1S/C3H3Cl5O/c4-1(2(5)6)3(7,8)9/h1-2,9H. The van der Waals surface area contributed by atoms with Crippen molar-refractivity contribution in [3.05, 3.63) is 0 Å². The van der Waals surface area contributed by atoms with E-state index in [1.165, 1.54) is 0 Å². The first-order chi connectivity index (χ1) is 3.85. The van der Waals surface area contributed by atoms with Gasteiger partial charge >= 0.3 is 0 Å². The van der Waals surface area contributed by atoms with Crippen LogP contribution in [-0.2, 0) is 0 Å². The van der Waals surface area contributed by atoms with E-state index in [2.05, 4.69) is 0 Å². The summed E-state index contributed by atoms with van der Waals surface area (Å²) >= 11 is 25.9. The Kier molecular flexibility index (Phi) is 4.28. The van der Waals surface area contributed by atoms with Crippen molar-refractivity contribution in [1.29, 1.82) is 0 Å². The number of halogens is 5. The number of aliphatic hydroxyl groups is 1. The van der Waals surface area contributed by atoms with E-state index in [-0.39, 0.29) is 0 Å². The molecule has 0 rings (SSSR count). The van der Waals surface area contributed by atoms with Crippen molar-refractivity contribution >= 4 is 58.0 Å². The van der Waals surface area contributed by atoms with Gasteiger partial charge in [0.15, 0.2) is 0 Å². The molecule has 6 heteroatoms. The van der Waals surface area contributed by atoms with Gasteiger partial charge < -0.3 is 5.11 Å². The summed E-state index contributed by atoms with van der Waals surface area (Å²) in [7, 11) is 0. The van der Waals surface area contributed by atoms with Crippen LogP contribution in [0.15, 0.2) is 0 Å². The molecule has 0 heterocycles. The van der Waals surface area contributed by atoms with Crippen LogP contribution in [0, 0.1) is 0 Å². The summed E-state index contributed by atoms with van der Waals surface area (Å²) in [4.78, 5) is -0.994. The number of rotatable bonds is 2. The maximum atomic E-state index is 8.69. The van der Waals surface area contributed by atoms with E-state index in [4.69, 9.17) is 63.1 Å². The van der Waals surface area contributed by atoms with Crippen LogP contribution >= 0.6 is 58.0 Å². The molecule has 0 radical (unpaired) electrons. The second kappa shape index (κ2) is 3.70. The van der Waals surface area contributed by atoms with Crippen molar-refractivity contribution in [1.82, 2.24) is 0 Å². The molecule has 0 saturated heterocycles. The first kappa shape index (κ1) is 10.4. The van der Waals surface area contributed by atoms with Gasteiger partial charge in [-0.15, -0.1) is 34.8 Å². The summed E-state index contributed by atoms with van der Waals surface area (Å²) in [5, 5.41) is 7.59. The van der Waals surface area contributed by atoms with Crippen LogP contribution in [0.25, 0.3) is 0 Å². The van der Waals surface area contributed by atoms with Crippen LogP contribution in [0.3, 0.4) is 0 Å². The molecule has 0 aromatic carbocycles. The molecular weight excluding hydrogens is 229 g/mol. The summed E-state index contributed by atoms with van der Waals surface area (Å²) in [6.07, 6.45) is 0. The Hall–Kier alpha value is 1.41. The lowest BCUT2D eigenvalue weighted by Gasteiger charge is -2.18. The molecule has 0 aliphatic rings. The molecule has 0 aliphatic carbocycles. The van der Waals surface area contributed by atoms with Gasteiger partial charge in [-0.3, -0.25) is 0 Å². The van der Waals surface area contributed by atoms with E-state index in [1.807, 2.05) is 0 Å². The van der Waals surface area contributed by atoms with E-state index < -0.39 is 14.7 Å². The van der Waals surface area contributed by atoms with Gasteiger partial charge in [-0.25, -0.2) is 0 Å². The quantitative estimate of drug-likeness (QED) is 0.725. The largest absolute Gasteiger partial charge is 0.361 e. The van der Waals surface area contributed by atoms with Crippen molar-refractivity contribution in [2.24, 2.45) is 0 Å². The molecular formula is C3H3Cl5O. The smallest absolute Gasteiger partial charge is 0.234 e. The summed E-state index contributed by atoms with van der Waals surface area (Å²) in [5.74, 6) is 0. The highest BCUT2D eigenvalue weighted by Gasteiger charge is 2.35. The molecule has 1 N–H and O–H groups in total. The second-order valence-corrected chi connectivity index (χ2v) is 4.30. The second-order valence-electron chi connectivity index (χ2n) is 1.32. The number of hydrogen-bond acceptors (Lipinski definition) is 1. The SMILES string of the molecule is OC(Cl)(Cl)C(Cl)C(Cl)Cl. The van der Waals surface area contributed by atoms with Crippen molar-refractivity contribution in [3.8, 4) is 0 Å². The Labute approximate surface area is 77.8 Å². The molecule has 0 bridgehead atoms. The van der Waals surface area contributed by atoms with Crippen molar-refractivity contribution in [3.63, 3.8) is 0 Å². The molecule has 0 aliphatic heterocycles. The molecule has 0 saturated carbocycles. The normalized spacial score (nSPS) is 16.3. The molecule has 56 valence electrons. The maximum Gasteiger partial charge on any atom is 0.234 e. The highest BCUT2D eigenvalue weighted by molar-refractivity contribution is 6.55. The van der Waals surface area contributed by atoms with Gasteiger partial charge in [0.2, 0.25) is 4.52 Å². The minimum Gasteiger partial charge on any atom is -0.361 e. The third-order valence-electron chi connectivity index (χ3n) is 0.553. The summed E-state index contributed by atoms with van der Waals surface area (Å²) in [6.45, 7) is 0. The molecule has 1 unspecified atom stereocenters. The van der Waals surface area contributed by atoms with Crippen LogP contribution in [0.4, 0.5) is 0 Å². The average molecular weight is 232 g/mol. The van der Waals surface area contributed by atoms with Gasteiger partial charge in [-0.1, -0.05) is 23.2 Å². The highest BCUT2D eigenvalue weighted by Crippen LogP contribution is 2.31. The Morgan fingerprint density at radius 2 is 1.44 bits per heavy atom. The topological polar surface area (TPSA) is 20.2 Å². The monoisotopic (exact) mass is 230 g/mol. The van der Waals surface area contributed by atoms with Crippen LogP contribution in [0.5, 0.6) is 0 Å². The maximum absolute atomic E-state index is 8.69. The van der Waals surface area contributed by atoms with E-state index >= 15 is 0 Å². The van der Waals surface area contributed by atoms with Crippen molar-refractivity contribution in [2.45, 2.75) is 14.7 Å². The highest BCUT2D eigenvalue weighted by atomic mass is 35.5. The van der Waals surface area contributed by atoms with E-state index in [1.54, 1.807) is 0 Å². The Balaban J connectivity index is 3.88. The fraction of sp³-hybridized carbons (Fsp3) is 1.00. The third kappa shape index (κ3) is 3.97. The van der Waals surface area contributed by atoms with Gasteiger partial charge in [0.1, 0.15) is 10.2 Å². The predicted molar refractivity (Wildman–Crippen MR) is 41.8 cm³/mol. The predicted octanol–water partition coefficient (Wildman–Crippen LogP) is 2.52. The fourth-order valence-corrected chi connectivity index (χ4v) is 1.03. The molecule has 0 fully saturated rings. The lowest BCUT2D eigenvalue weighted by atomic mass is 10.5. The Bertz CT molecular complexity index is 86.7. The third-order valence-corrected chi connectivity index (χ3v) is 2.58. The van der Waals surface area contributed by atoms with E-state index in [0.29, 0.717) is 0 Å². The van der Waals surface area contributed by atoms with Gasteiger partial charge in [-0.2, -0.15) is 0 Å². The number of alkyl halides is 5. The Morgan fingerprint density at radius 3 is 1.44 bits per heavy atom. The minimum atomic E-state index is -2.07. The molecule has 0 spiro atoms. The first-order valence-corrected chi connectivity index (χ1v) is 3.94. The van der Waals surface area contributed by atoms with Crippen LogP contribution < -0.4 is 0 Å². The first-order valence-electron chi connectivity index (χ1n) is 1.88. The Morgan fingerprint density at radius 1 is 1.11 bits per heavy atom. The van der Waals surface area contributed by atoms with E-state index in [9.17, 15) is 0 Å². The molecule has 0 aromatic heterocycles. The lowest BCUT2D eigenvalue weighted by molar-refractivity contribution is 0.212. The lowest BCUT2D eigenvalue weighted by Crippen LogP contribution is -2.30. The summed E-state index contributed by atoms with van der Waals surface area (Å²) in [5.41, 5.74) is 0. The van der Waals surface area contributed by atoms with Crippen LogP contribution in [0.1, 0.15) is 0 Å². The van der Waals surface area contributed by atoms with Gasteiger partial charge in [0.05, 0.1) is 0 Å². The van der Waals surface area contributed by atoms with E-state index in [0.717, 1.165) is 0 Å². The summed E-state index contributed by atoms with van der Waals surface area (Å²) in [6, 6.07) is 0. The molecule has 1 atom stereocenters. The molecule has 1 nitrogen and oxygen atoms in total. The van der Waals surface area contributed by atoms with Crippen molar-refractivity contribution < 1.29 is 5.11 Å². The molecule has 9 heavy (non-hydrogen) atoms.